The number of sulfone groups is 1. The SMILES string of the molecule is CCS(=O)(=O)CCNC(=NC)NCCCc1ccc(Cl)cc1Cl. The Morgan fingerprint density at radius 3 is 2.52 bits per heavy atom. The number of halogens is 2. The zero-order chi connectivity index (χ0) is 17.3. The molecule has 130 valence electrons. The van der Waals surface area contributed by atoms with Crippen molar-refractivity contribution in [2.75, 3.05) is 31.6 Å². The summed E-state index contributed by atoms with van der Waals surface area (Å²) in [5.74, 6) is 0.853. The first-order valence-corrected chi connectivity index (χ1v) is 10.0. The average molecular weight is 380 g/mol. The summed E-state index contributed by atoms with van der Waals surface area (Å²) in [6, 6.07) is 5.48. The molecule has 5 nitrogen and oxygen atoms in total. The number of benzene rings is 1. The monoisotopic (exact) mass is 379 g/mol. The second-order valence-corrected chi connectivity index (χ2v) is 8.32. The van der Waals surface area contributed by atoms with Gasteiger partial charge >= 0.3 is 0 Å². The Morgan fingerprint density at radius 2 is 1.91 bits per heavy atom. The van der Waals surface area contributed by atoms with Crippen LogP contribution in [0.1, 0.15) is 18.9 Å². The van der Waals surface area contributed by atoms with Gasteiger partial charge in [-0.2, -0.15) is 0 Å². The van der Waals surface area contributed by atoms with Gasteiger partial charge in [-0.3, -0.25) is 4.99 Å². The first-order chi connectivity index (χ1) is 10.9. The first kappa shape index (κ1) is 20.1. The van der Waals surface area contributed by atoms with Crippen molar-refractivity contribution in [2.24, 2.45) is 4.99 Å². The fourth-order valence-electron chi connectivity index (χ4n) is 1.90. The van der Waals surface area contributed by atoms with E-state index in [1.807, 2.05) is 12.1 Å². The predicted molar refractivity (Wildman–Crippen MR) is 98.5 cm³/mol. The third-order valence-electron chi connectivity index (χ3n) is 3.30. The molecule has 2 N–H and O–H groups in total. The Bertz CT molecular complexity index is 634. The highest BCUT2D eigenvalue weighted by Crippen LogP contribution is 2.21. The van der Waals surface area contributed by atoms with Gasteiger partial charge in [-0.05, 0) is 30.5 Å². The molecular formula is C15H23Cl2N3O2S. The molecule has 0 saturated heterocycles. The van der Waals surface area contributed by atoms with Gasteiger partial charge in [0.15, 0.2) is 15.8 Å². The lowest BCUT2D eigenvalue weighted by Gasteiger charge is -2.12. The largest absolute Gasteiger partial charge is 0.356 e. The molecule has 0 spiro atoms. The highest BCUT2D eigenvalue weighted by atomic mass is 35.5. The second kappa shape index (κ2) is 10.0. The van der Waals surface area contributed by atoms with Gasteiger partial charge in [0.2, 0.25) is 0 Å². The third-order valence-corrected chi connectivity index (χ3v) is 5.59. The van der Waals surface area contributed by atoms with Gasteiger partial charge in [0.05, 0.1) is 5.75 Å². The molecule has 1 rings (SSSR count). The first-order valence-electron chi connectivity index (χ1n) is 7.47. The van der Waals surface area contributed by atoms with E-state index in [0.29, 0.717) is 29.1 Å². The fraction of sp³-hybridized carbons (Fsp3) is 0.533. The molecular weight excluding hydrogens is 357 g/mol. The molecule has 0 saturated carbocycles. The van der Waals surface area contributed by atoms with Gasteiger partial charge in [0.25, 0.3) is 0 Å². The van der Waals surface area contributed by atoms with Gasteiger partial charge < -0.3 is 10.6 Å². The highest BCUT2D eigenvalue weighted by molar-refractivity contribution is 7.91. The van der Waals surface area contributed by atoms with Gasteiger partial charge in [-0.15, -0.1) is 0 Å². The average Bonchev–Trinajstić information content (AvgIpc) is 2.51. The molecule has 0 unspecified atom stereocenters. The van der Waals surface area contributed by atoms with E-state index < -0.39 is 9.84 Å². The lowest BCUT2D eigenvalue weighted by Crippen LogP contribution is -2.40. The number of aryl methyl sites for hydroxylation is 1. The van der Waals surface area contributed by atoms with E-state index in [1.54, 1.807) is 20.0 Å². The summed E-state index contributed by atoms with van der Waals surface area (Å²) < 4.78 is 22.8. The van der Waals surface area contributed by atoms with Crippen LogP contribution in [-0.4, -0.2) is 46.0 Å². The summed E-state index contributed by atoms with van der Waals surface area (Å²) in [5.41, 5.74) is 1.05. The number of guanidine groups is 1. The molecule has 0 aliphatic rings. The zero-order valence-electron chi connectivity index (χ0n) is 13.4. The number of hydrogen-bond donors (Lipinski definition) is 2. The summed E-state index contributed by atoms with van der Waals surface area (Å²) >= 11 is 12.0. The minimum atomic E-state index is -2.96. The molecule has 0 atom stereocenters. The predicted octanol–water partition coefficient (Wildman–Crippen LogP) is 2.53. The minimum Gasteiger partial charge on any atom is -0.356 e. The Kier molecular flexibility index (Phi) is 8.73. The van der Waals surface area contributed by atoms with Crippen molar-refractivity contribution in [3.63, 3.8) is 0 Å². The standard InChI is InChI=1S/C15H23Cl2N3O2S/c1-3-23(21,22)10-9-20-15(18-2)19-8-4-5-12-6-7-13(16)11-14(12)17/h6-7,11H,3-5,8-10H2,1-2H3,(H2,18,19,20). The summed E-state index contributed by atoms with van der Waals surface area (Å²) in [6.45, 7) is 2.70. The van der Waals surface area contributed by atoms with E-state index in [2.05, 4.69) is 15.6 Å². The van der Waals surface area contributed by atoms with Gasteiger partial charge in [0, 0.05) is 35.9 Å². The van der Waals surface area contributed by atoms with Crippen LogP contribution in [0.5, 0.6) is 0 Å². The van der Waals surface area contributed by atoms with E-state index in [9.17, 15) is 8.42 Å². The number of hydrogen-bond acceptors (Lipinski definition) is 3. The summed E-state index contributed by atoms with van der Waals surface area (Å²) in [5, 5.41) is 7.44. The molecule has 0 heterocycles. The van der Waals surface area contributed by atoms with Crippen LogP contribution in [0.25, 0.3) is 0 Å². The van der Waals surface area contributed by atoms with E-state index in [4.69, 9.17) is 23.2 Å². The number of aliphatic imine (C=N–C) groups is 1. The maximum atomic E-state index is 11.4. The zero-order valence-corrected chi connectivity index (χ0v) is 15.7. The molecule has 0 aromatic heterocycles. The summed E-state index contributed by atoms with van der Waals surface area (Å²) in [7, 11) is -1.31. The molecule has 0 fully saturated rings. The van der Waals surface area contributed by atoms with Crippen molar-refractivity contribution in [2.45, 2.75) is 19.8 Å². The summed E-state index contributed by atoms with van der Waals surface area (Å²) in [6.07, 6.45) is 1.69. The van der Waals surface area contributed by atoms with E-state index >= 15 is 0 Å². The van der Waals surface area contributed by atoms with Crippen molar-refractivity contribution in [3.05, 3.63) is 33.8 Å². The van der Waals surface area contributed by atoms with E-state index in [-0.39, 0.29) is 11.5 Å². The van der Waals surface area contributed by atoms with Gasteiger partial charge in [-0.25, -0.2) is 8.42 Å². The maximum Gasteiger partial charge on any atom is 0.191 e. The van der Waals surface area contributed by atoms with Crippen molar-refractivity contribution in [3.8, 4) is 0 Å². The lowest BCUT2D eigenvalue weighted by molar-refractivity contribution is 0.595. The van der Waals surface area contributed by atoms with Crippen LogP contribution >= 0.6 is 23.2 Å². The molecule has 23 heavy (non-hydrogen) atoms. The Morgan fingerprint density at radius 1 is 1.22 bits per heavy atom. The number of rotatable bonds is 8. The molecule has 0 bridgehead atoms. The van der Waals surface area contributed by atoms with Crippen LogP contribution in [0, 0.1) is 0 Å². The van der Waals surface area contributed by atoms with E-state index in [0.717, 1.165) is 18.4 Å². The van der Waals surface area contributed by atoms with Crippen molar-refractivity contribution in [1.29, 1.82) is 0 Å². The van der Waals surface area contributed by atoms with Crippen LogP contribution in [-0.2, 0) is 16.3 Å². The molecule has 1 aromatic carbocycles. The fourth-order valence-corrected chi connectivity index (χ4v) is 3.10. The van der Waals surface area contributed by atoms with Crippen LogP contribution in [0.4, 0.5) is 0 Å². The summed E-state index contributed by atoms with van der Waals surface area (Å²) in [4.78, 5) is 4.06. The minimum absolute atomic E-state index is 0.102. The van der Waals surface area contributed by atoms with Gasteiger partial charge in [0.1, 0.15) is 0 Å². The van der Waals surface area contributed by atoms with Crippen LogP contribution < -0.4 is 10.6 Å². The van der Waals surface area contributed by atoms with Crippen LogP contribution in [0.3, 0.4) is 0 Å². The molecule has 0 amide bonds. The number of nitrogens with one attached hydrogen (secondary N) is 2. The van der Waals surface area contributed by atoms with E-state index in [1.165, 1.54) is 0 Å². The van der Waals surface area contributed by atoms with Crippen LogP contribution in [0.15, 0.2) is 23.2 Å². The lowest BCUT2D eigenvalue weighted by atomic mass is 10.1. The van der Waals surface area contributed by atoms with Crippen molar-refractivity contribution < 1.29 is 8.42 Å². The Labute approximate surface area is 148 Å². The Hall–Kier alpha value is -0.980. The van der Waals surface area contributed by atoms with Crippen LogP contribution in [0.2, 0.25) is 10.0 Å². The molecule has 8 heteroatoms. The number of nitrogens with zero attached hydrogens (tertiary/aromatic N) is 1. The molecule has 0 aliphatic carbocycles. The normalized spacial score (nSPS) is 12.3. The molecule has 0 radical (unpaired) electrons. The molecule has 1 aromatic rings. The van der Waals surface area contributed by atoms with Crippen molar-refractivity contribution in [1.82, 2.24) is 10.6 Å². The van der Waals surface area contributed by atoms with Gasteiger partial charge in [-0.1, -0.05) is 36.2 Å². The third kappa shape index (κ3) is 7.90. The topological polar surface area (TPSA) is 70.6 Å². The Balaban J connectivity index is 2.30. The van der Waals surface area contributed by atoms with Crippen molar-refractivity contribution >= 4 is 39.0 Å². The second-order valence-electron chi connectivity index (χ2n) is 5.00. The quantitative estimate of drug-likeness (QED) is 0.413. The highest BCUT2D eigenvalue weighted by Gasteiger charge is 2.07. The maximum absolute atomic E-state index is 11.4. The molecule has 0 aliphatic heterocycles. The smallest absolute Gasteiger partial charge is 0.191 e.